The topological polar surface area (TPSA) is 62.4 Å². The first-order valence-corrected chi connectivity index (χ1v) is 7.76. The Bertz CT molecular complexity index is 687. The highest BCUT2D eigenvalue weighted by atomic mass is 16.5. The van der Waals surface area contributed by atoms with Gasteiger partial charge in [-0.25, -0.2) is 4.79 Å². The third kappa shape index (κ3) is 3.81. The summed E-state index contributed by atoms with van der Waals surface area (Å²) in [5, 5.41) is 9.20. The lowest BCUT2D eigenvalue weighted by Gasteiger charge is -2.27. The minimum absolute atomic E-state index is 0.149. The van der Waals surface area contributed by atoms with Crippen molar-refractivity contribution >= 4 is 11.7 Å². The second-order valence-electron chi connectivity index (χ2n) is 5.52. The Kier molecular flexibility index (Phi) is 4.78. The number of rotatable bonds is 4. The Hall–Kier alpha value is -2.53. The molecule has 0 fully saturated rings. The minimum Gasteiger partial charge on any atom is -0.497 e. The molecule has 0 radical (unpaired) electrons. The van der Waals surface area contributed by atoms with E-state index in [0.29, 0.717) is 18.0 Å². The number of carbonyl (C=O) groups excluding carboxylic acids is 1. The molecule has 0 bridgehead atoms. The van der Waals surface area contributed by atoms with Crippen LogP contribution in [0.2, 0.25) is 0 Å². The molecule has 1 atom stereocenters. The largest absolute Gasteiger partial charge is 0.497 e. The van der Waals surface area contributed by atoms with E-state index in [2.05, 4.69) is 34.1 Å². The Balaban J connectivity index is 1.57. The number of fused-ring (bicyclic) bond motifs is 1. The molecule has 0 aliphatic carbocycles. The molecule has 3 rings (SSSR count). The van der Waals surface area contributed by atoms with Gasteiger partial charge < -0.3 is 20.7 Å². The zero-order chi connectivity index (χ0) is 16.1. The lowest BCUT2D eigenvalue weighted by Crippen LogP contribution is -2.40. The summed E-state index contributed by atoms with van der Waals surface area (Å²) >= 11 is 0. The predicted octanol–water partition coefficient (Wildman–Crippen LogP) is 2.70. The maximum atomic E-state index is 12.1. The number of amides is 2. The van der Waals surface area contributed by atoms with Gasteiger partial charge >= 0.3 is 6.03 Å². The molecule has 120 valence electrons. The van der Waals surface area contributed by atoms with Gasteiger partial charge in [-0.1, -0.05) is 30.3 Å². The fourth-order valence-electron chi connectivity index (χ4n) is 2.85. The summed E-state index contributed by atoms with van der Waals surface area (Å²) < 4.78 is 5.15. The molecule has 1 heterocycles. The van der Waals surface area contributed by atoms with Crippen LogP contribution >= 0.6 is 0 Å². The summed E-state index contributed by atoms with van der Waals surface area (Å²) in [5.41, 5.74) is 3.32. The van der Waals surface area contributed by atoms with Gasteiger partial charge in [0.2, 0.25) is 0 Å². The first-order chi connectivity index (χ1) is 11.3. The zero-order valence-corrected chi connectivity index (χ0v) is 13.1. The van der Waals surface area contributed by atoms with Crippen LogP contribution in [0.25, 0.3) is 0 Å². The van der Waals surface area contributed by atoms with Crippen molar-refractivity contribution in [1.82, 2.24) is 10.6 Å². The molecule has 23 heavy (non-hydrogen) atoms. The average Bonchev–Trinajstić information content (AvgIpc) is 2.60. The number of urea groups is 1. The summed E-state index contributed by atoms with van der Waals surface area (Å²) in [6.45, 7) is 1.48. The molecule has 0 saturated carbocycles. The first-order valence-electron chi connectivity index (χ1n) is 7.76. The Morgan fingerprint density at radius 3 is 3.00 bits per heavy atom. The molecular formula is C18H21N3O2. The van der Waals surface area contributed by atoms with E-state index in [0.717, 1.165) is 13.0 Å². The van der Waals surface area contributed by atoms with Crippen molar-refractivity contribution < 1.29 is 9.53 Å². The van der Waals surface area contributed by atoms with Gasteiger partial charge in [-0.15, -0.1) is 0 Å². The summed E-state index contributed by atoms with van der Waals surface area (Å²) in [5.74, 6) is 0.714. The highest BCUT2D eigenvalue weighted by molar-refractivity contribution is 5.89. The number of hydrogen-bond donors (Lipinski definition) is 3. The average molecular weight is 311 g/mol. The van der Waals surface area contributed by atoms with Crippen molar-refractivity contribution in [3.05, 3.63) is 59.7 Å². The minimum atomic E-state index is -0.219. The fraction of sp³-hybridized carbons (Fsp3) is 0.278. The van der Waals surface area contributed by atoms with E-state index in [1.165, 1.54) is 11.1 Å². The number of hydrogen-bond acceptors (Lipinski definition) is 3. The van der Waals surface area contributed by atoms with E-state index in [4.69, 9.17) is 4.74 Å². The standard InChI is InChI=1S/C18H21N3O2/c1-23-15-7-4-6-14(11-15)21-18(22)20-12-17-16-8-3-2-5-13(16)9-10-19-17/h2-8,11,17,19H,9-10,12H2,1H3,(H2,20,21,22). The van der Waals surface area contributed by atoms with Gasteiger partial charge in [-0.3, -0.25) is 0 Å². The maximum Gasteiger partial charge on any atom is 0.319 e. The molecule has 1 aliphatic rings. The smallest absolute Gasteiger partial charge is 0.319 e. The highest BCUT2D eigenvalue weighted by Crippen LogP contribution is 2.22. The number of carbonyl (C=O) groups is 1. The molecule has 1 aliphatic heterocycles. The van der Waals surface area contributed by atoms with Crippen LogP contribution in [-0.4, -0.2) is 26.2 Å². The van der Waals surface area contributed by atoms with Gasteiger partial charge in [-0.2, -0.15) is 0 Å². The van der Waals surface area contributed by atoms with E-state index < -0.39 is 0 Å². The molecule has 0 aromatic heterocycles. The van der Waals surface area contributed by atoms with Crippen LogP contribution in [0.3, 0.4) is 0 Å². The summed E-state index contributed by atoms with van der Waals surface area (Å²) in [6, 6.07) is 15.6. The maximum absolute atomic E-state index is 12.1. The van der Waals surface area contributed by atoms with Crippen molar-refractivity contribution in [3.63, 3.8) is 0 Å². The first kappa shape index (κ1) is 15.4. The lowest BCUT2D eigenvalue weighted by atomic mass is 9.94. The number of benzene rings is 2. The normalized spacial score (nSPS) is 16.3. The van der Waals surface area contributed by atoms with Crippen LogP contribution in [0, 0.1) is 0 Å². The van der Waals surface area contributed by atoms with Crippen LogP contribution < -0.4 is 20.7 Å². The SMILES string of the molecule is COc1cccc(NC(=O)NCC2NCCc3ccccc32)c1. The lowest BCUT2D eigenvalue weighted by molar-refractivity contribution is 0.250. The van der Waals surface area contributed by atoms with E-state index in [1.807, 2.05) is 24.3 Å². The quantitative estimate of drug-likeness (QED) is 0.813. The monoisotopic (exact) mass is 311 g/mol. The second-order valence-corrected chi connectivity index (χ2v) is 5.52. The van der Waals surface area contributed by atoms with E-state index in [1.54, 1.807) is 13.2 Å². The predicted molar refractivity (Wildman–Crippen MR) is 90.9 cm³/mol. The van der Waals surface area contributed by atoms with Gasteiger partial charge in [0, 0.05) is 24.3 Å². The second kappa shape index (κ2) is 7.15. The summed E-state index contributed by atoms with van der Waals surface area (Å²) in [6.07, 6.45) is 1.03. The number of methoxy groups -OCH3 is 1. The third-order valence-electron chi connectivity index (χ3n) is 4.01. The Labute approximate surface area is 136 Å². The Morgan fingerprint density at radius 2 is 2.13 bits per heavy atom. The van der Waals surface area contributed by atoms with Crippen LogP contribution in [0.5, 0.6) is 5.75 Å². The molecule has 0 saturated heterocycles. The van der Waals surface area contributed by atoms with Crippen molar-refractivity contribution in [3.8, 4) is 5.75 Å². The van der Waals surface area contributed by atoms with Crippen molar-refractivity contribution in [2.45, 2.75) is 12.5 Å². The molecular weight excluding hydrogens is 290 g/mol. The number of ether oxygens (including phenoxy) is 1. The molecule has 2 aromatic rings. The highest BCUT2D eigenvalue weighted by Gasteiger charge is 2.19. The molecule has 2 aromatic carbocycles. The fourth-order valence-corrected chi connectivity index (χ4v) is 2.85. The number of anilines is 1. The summed E-state index contributed by atoms with van der Waals surface area (Å²) in [4.78, 5) is 12.1. The molecule has 3 N–H and O–H groups in total. The van der Waals surface area contributed by atoms with Gasteiger partial charge in [0.15, 0.2) is 0 Å². The molecule has 5 nitrogen and oxygen atoms in total. The van der Waals surface area contributed by atoms with Crippen molar-refractivity contribution in [2.24, 2.45) is 0 Å². The van der Waals surface area contributed by atoms with Crippen LogP contribution in [0.4, 0.5) is 10.5 Å². The van der Waals surface area contributed by atoms with E-state index in [-0.39, 0.29) is 12.1 Å². The molecule has 1 unspecified atom stereocenters. The molecule has 5 heteroatoms. The Morgan fingerprint density at radius 1 is 1.26 bits per heavy atom. The summed E-state index contributed by atoms with van der Waals surface area (Å²) in [7, 11) is 1.60. The molecule has 2 amide bonds. The van der Waals surface area contributed by atoms with E-state index >= 15 is 0 Å². The van der Waals surface area contributed by atoms with Crippen LogP contribution in [0.1, 0.15) is 17.2 Å². The van der Waals surface area contributed by atoms with Crippen LogP contribution in [0.15, 0.2) is 48.5 Å². The van der Waals surface area contributed by atoms with Gasteiger partial charge in [-0.05, 0) is 36.2 Å². The van der Waals surface area contributed by atoms with Gasteiger partial charge in [0.05, 0.1) is 7.11 Å². The van der Waals surface area contributed by atoms with Crippen molar-refractivity contribution in [1.29, 1.82) is 0 Å². The van der Waals surface area contributed by atoms with Crippen LogP contribution in [-0.2, 0) is 6.42 Å². The number of nitrogens with one attached hydrogen (secondary N) is 3. The zero-order valence-electron chi connectivity index (χ0n) is 13.1. The molecule has 0 spiro atoms. The van der Waals surface area contributed by atoms with E-state index in [9.17, 15) is 4.79 Å². The van der Waals surface area contributed by atoms with Gasteiger partial charge in [0.1, 0.15) is 5.75 Å². The third-order valence-corrected chi connectivity index (χ3v) is 4.01. The van der Waals surface area contributed by atoms with Crippen molar-refractivity contribution in [2.75, 3.05) is 25.5 Å². The van der Waals surface area contributed by atoms with Gasteiger partial charge in [0.25, 0.3) is 0 Å².